The van der Waals surface area contributed by atoms with Crippen molar-refractivity contribution in [3.63, 3.8) is 0 Å². The summed E-state index contributed by atoms with van der Waals surface area (Å²) < 4.78 is 17.1. The van der Waals surface area contributed by atoms with E-state index in [1.807, 2.05) is 54.6 Å². The van der Waals surface area contributed by atoms with Crippen LogP contribution >= 0.6 is 15.9 Å². The fourth-order valence-corrected chi connectivity index (χ4v) is 3.63. The molecule has 7 nitrogen and oxygen atoms in total. The Bertz CT molecular complexity index is 1350. The first-order valence-corrected chi connectivity index (χ1v) is 10.3. The number of fused-ring (bicyclic) bond motifs is 1. The molecule has 0 spiro atoms. The third-order valence-electron chi connectivity index (χ3n) is 4.89. The van der Waals surface area contributed by atoms with Crippen LogP contribution in [0.4, 0.5) is 0 Å². The van der Waals surface area contributed by atoms with Gasteiger partial charge < -0.3 is 19.0 Å². The van der Waals surface area contributed by atoms with E-state index in [-0.39, 0.29) is 0 Å². The number of ether oxygens (including phenoxy) is 2. The average molecular weight is 477 g/mol. The van der Waals surface area contributed by atoms with E-state index in [4.69, 9.17) is 14.0 Å². The van der Waals surface area contributed by atoms with Crippen LogP contribution in [0.1, 0.15) is 0 Å². The van der Waals surface area contributed by atoms with E-state index in [0.717, 1.165) is 38.0 Å². The van der Waals surface area contributed by atoms with Crippen molar-refractivity contribution in [3.05, 3.63) is 65.1 Å². The van der Waals surface area contributed by atoms with E-state index < -0.39 is 0 Å². The van der Waals surface area contributed by atoms with Crippen molar-refractivity contribution in [2.24, 2.45) is 0 Å². The summed E-state index contributed by atoms with van der Waals surface area (Å²) in [5, 5.41) is 4.12. The zero-order valence-corrected chi connectivity index (χ0v) is 18.3. The number of benzene rings is 3. The van der Waals surface area contributed by atoms with Crippen molar-refractivity contribution in [2.45, 2.75) is 0 Å². The lowest BCUT2D eigenvalue weighted by atomic mass is 10.1. The second-order valence-corrected chi connectivity index (χ2v) is 7.76. The third-order valence-corrected chi connectivity index (χ3v) is 5.38. The second-order valence-electron chi connectivity index (χ2n) is 6.85. The molecule has 3 aromatic carbocycles. The van der Waals surface area contributed by atoms with Crippen molar-refractivity contribution in [1.82, 2.24) is 20.1 Å². The van der Waals surface area contributed by atoms with Crippen LogP contribution in [0.5, 0.6) is 11.5 Å². The molecule has 2 heterocycles. The summed E-state index contributed by atoms with van der Waals surface area (Å²) in [6.07, 6.45) is 0. The van der Waals surface area contributed by atoms with Gasteiger partial charge in [0.15, 0.2) is 0 Å². The van der Waals surface area contributed by atoms with E-state index in [2.05, 4.69) is 36.0 Å². The van der Waals surface area contributed by atoms with Crippen molar-refractivity contribution >= 4 is 27.0 Å². The number of hydrogen-bond donors (Lipinski definition) is 1. The molecule has 0 aliphatic carbocycles. The Balaban J connectivity index is 1.43. The average Bonchev–Trinajstić information content (AvgIpc) is 3.46. The Morgan fingerprint density at radius 1 is 0.806 bits per heavy atom. The Hall–Kier alpha value is -3.65. The van der Waals surface area contributed by atoms with Crippen LogP contribution in [0.2, 0.25) is 0 Å². The standard InChI is InChI=1S/C23H17BrN4O3/c1-29-17-9-15(10-18(12-17)30-2)23-27-22(28-31-23)14-5-3-13(4-6-14)21-25-19-8-7-16(24)11-20(19)26-21/h3-12H,1-2H3,(H,25,26). The summed E-state index contributed by atoms with van der Waals surface area (Å²) >= 11 is 3.48. The molecule has 0 fully saturated rings. The highest BCUT2D eigenvalue weighted by atomic mass is 79.9. The molecule has 0 aliphatic heterocycles. The van der Waals surface area contributed by atoms with Crippen LogP contribution in [0.3, 0.4) is 0 Å². The molecule has 0 saturated carbocycles. The molecule has 0 bridgehead atoms. The number of hydrogen-bond acceptors (Lipinski definition) is 6. The summed E-state index contributed by atoms with van der Waals surface area (Å²) in [6.45, 7) is 0. The highest BCUT2D eigenvalue weighted by Gasteiger charge is 2.14. The van der Waals surface area contributed by atoms with Crippen LogP contribution in [-0.2, 0) is 0 Å². The van der Waals surface area contributed by atoms with Crippen molar-refractivity contribution < 1.29 is 14.0 Å². The van der Waals surface area contributed by atoms with Crippen LogP contribution < -0.4 is 9.47 Å². The molecule has 0 atom stereocenters. The number of H-pyrrole nitrogens is 1. The summed E-state index contributed by atoms with van der Waals surface area (Å²) in [5.74, 6) is 2.99. The normalized spacial score (nSPS) is 11.1. The maximum Gasteiger partial charge on any atom is 0.258 e. The van der Waals surface area contributed by atoms with Crippen molar-refractivity contribution in [2.75, 3.05) is 14.2 Å². The Kier molecular flexibility index (Phi) is 4.91. The molecule has 154 valence electrons. The number of imidazole rings is 1. The highest BCUT2D eigenvalue weighted by molar-refractivity contribution is 9.10. The minimum atomic E-state index is 0.388. The fraction of sp³-hybridized carbons (Fsp3) is 0.0870. The number of nitrogens with one attached hydrogen (secondary N) is 1. The molecule has 0 radical (unpaired) electrons. The van der Waals surface area contributed by atoms with Gasteiger partial charge in [0.25, 0.3) is 5.89 Å². The van der Waals surface area contributed by atoms with Gasteiger partial charge in [0, 0.05) is 27.2 Å². The van der Waals surface area contributed by atoms with Gasteiger partial charge in [-0.3, -0.25) is 0 Å². The molecule has 2 aromatic heterocycles. The first-order chi connectivity index (χ1) is 15.1. The minimum Gasteiger partial charge on any atom is -0.497 e. The van der Waals surface area contributed by atoms with E-state index >= 15 is 0 Å². The second kappa shape index (κ2) is 7.88. The first-order valence-electron chi connectivity index (χ1n) is 9.46. The van der Waals surface area contributed by atoms with E-state index in [0.29, 0.717) is 23.2 Å². The van der Waals surface area contributed by atoms with Gasteiger partial charge in [0.1, 0.15) is 17.3 Å². The molecular formula is C23H17BrN4O3. The van der Waals surface area contributed by atoms with Crippen LogP contribution in [0.15, 0.2) is 69.7 Å². The molecular weight excluding hydrogens is 460 g/mol. The molecule has 5 rings (SSSR count). The number of nitrogens with zero attached hydrogens (tertiary/aromatic N) is 3. The largest absolute Gasteiger partial charge is 0.497 e. The summed E-state index contributed by atoms with van der Waals surface area (Å²) in [4.78, 5) is 12.5. The molecule has 0 amide bonds. The lowest BCUT2D eigenvalue weighted by Crippen LogP contribution is -1.89. The van der Waals surface area contributed by atoms with Gasteiger partial charge in [-0.05, 0) is 30.3 Å². The number of methoxy groups -OCH3 is 2. The third kappa shape index (κ3) is 3.77. The fourth-order valence-electron chi connectivity index (χ4n) is 3.28. The summed E-state index contributed by atoms with van der Waals surface area (Å²) in [6, 6.07) is 19.2. The zero-order valence-electron chi connectivity index (χ0n) is 16.7. The molecule has 0 unspecified atom stereocenters. The lowest BCUT2D eigenvalue weighted by molar-refractivity contribution is 0.393. The molecule has 1 N–H and O–H groups in total. The Morgan fingerprint density at radius 3 is 2.23 bits per heavy atom. The number of halogens is 1. The van der Waals surface area contributed by atoms with E-state index in [9.17, 15) is 0 Å². The molecule has 5 aromatic rings. The molecule has 0 aliphatic rings. The molecule has 31 heavy (non-hydrogen) atoms. The molecule has 0 saturated heterocycles. The minimum absolute atomic E-state index is 0.388. The SMILES string of the molecule is COc1cc(OC)cc(-c2nc(-c3ccc(-c4nc5cc(Br)ccc5[nH]4)cc3)no2)c1. The number of aromatic nitrogens is 4. The van der Waals surface area contributed by atoms with E-state index in [1.54, 1.807) is 20.3 Å². The predicted molar refractivity (Wildman–Crippen MR) is 121 cm³/mol. The van der Waals surface area contributed by atoms with Crippen LogP contribution in [-0.4, -0.2) is 34.3 Å². The van der Waals surface area contributed by atoms with Gasteiger partial charge in [0.2, 0.25) is 5.82 Å². The quantitative estimate of drug-likeness (QED) is 0.348. The maximum atomic E-state index is 5.47. The summed E-state index contributed by atoms with van der Waals surface area (Å²) in [7, 11) is 3.19. The molecule has 8 heteroatoms. The van der Waals surface area contributed by atoms with Crippen molar-refractivity contribution in [1.29, 1.82) is 0 Å². The zero-order chi connectivity index (χ0) is 21.4. The highest BCUT2D eigenvalue weighted by Crippen LogP contribution is 2.31. The predicted octanol–water partition coefficient (Wildman–Crippen LogP) is 5.73. The smallest absolute Gasteiger partial charge is 0.258 e. The van der Waals surface area contributed by atoms with Crippen LogP contribution in [0, 0.1) is 0 Å². The maximum absolute atomic E-state index is 5.47. The van der Waals surface area contributed by atoms with Gasteiger partial charge >= 0.3 is 0 Å². The Labute approximate surface area is 186 Å². The van der Waals surface area contributed by atoms with Gasteiger partial charge in [-0.2, -0.15) is 4.98 Å². The topological polar surface area (TPSA) is 86.1 Å². The first kappa shape index (κ1) is 19.3. The summed E-state index contributed by atoms with van der Waals surface area (Å²) in [5.41, 5.74) is 4.42. The van der Waals surface area contributed by atoms with Crippen molar-refractivity contribution in [3.8, 4) is 45.7 Å². The van der Waals surface area contributed by atoms with Gasteiger partial charge in [0.05, 0.1) is 25.3 Å². The van der Waals surface area contributed by atoms with E-state index in [1.165, 1.54) is 0 Å². The van der Waals surface area contributed by atoms with Gasteiger partial charge in [-0.25, -0.2) is 4.98 Å². The van der Waals surface area contributed by atoms with Gasteiger partial charge in [-0.15, -0.1) is 0 Å². The number of aromatic amines is 1. The van der Waals surface area contributed by atoms with Gasteiger partial charge in [-0.1, -0.05) is 45.4 Å². The Morgan fingerprint density at radius 2 is 1.52 bits per heavy atom. The lowest BCUT2D eigenvalue weighted by Gasteiger charge is -2.05. The number of rotatable bonds is 5. The van der Waals surface area contributed by atoms with Crippen LogP contribution in [0.25, 0.3) is 45.3 Å². The monoisotopic (exact) mass is 476 g/mol.